The van der Waals surface area contributed by atoms with Gasteiger partial charge in [0.25, 0.3) is 0 Å². The van der Waals surface area contributed by atoms with Gasteiger partial charge in [-0.05, 0) is 59.4 Å². The first-order valence-electron chi connectivity index (χ1n) is 11.4. The SMILES string of the molecule is O=S(=O)(CCCCS(=O)(=O)c1cc(-c2ccccc2)ccc1O)c1cc(-c2ccccc2)ccc1O. The van der Waals surface area contributed by atoms with Crippen LogP contribution in [0.5, 0.6) is 11.5 Å². The van der Waals surface area contributed by atoms with Crippen LogP contribution in [0.1, 0.15) is 12.8 Å². The van der Waals surface area contributed by atoms with Crippen LogP contribution in [0.25, 0.3) is 22.3 Å². The number of hydrogen-bond acceptors (Lipinski definition) is 6. The molecule has 0 atom stereocenters. The number of hydrogen-bond donors (Lipinski definition) is 2. The lowest BCUT2D eigenvalue weighted by atomic mass is 10.1. The summed E-state index contributed by atoms with van der Waals surface area (Å²) in [6, 6.07) is 27.3. The highest BCUT2D eigenvalue weighted by Gasteiger charge is 2.22. The van der Waals surface area contributed by atoms with Crippen LogP contribution in [0, 0.1) is 0 Å². The van der Waals surface area contributed by atoms with Crippen molar-refractivity contribution in [3.05, 3.63) is 97.1 Å². The number of sulfone groups is 2. The van der Waals surface area contributed by atoms with Crippen molar-refractivity contribution in [2.75, 3.05) is 11.5 Å². The fourth-order valence-electron chi connectivity index (χ4n) is 3.95. The molecule has 36 heavy (non-hydrogen) atoms. The molecule has 0 unspecified atom stereocenters. The average Bonchev–Trinajstić information content (AvgIpc) is 2.88. The van der Waals surface area contributed by atoms with Crippen molar-refractivity contribution in [2.24, 2.45) is 0 Å². The molecular formula is C28H26O6S2. The quantitative estimate of drug-likeness (QED) is 0.283. The Hall–Kier alpha value is -3.62. The molecule has 0 spiro atoms. The standard InChI is InChI=1S/C28H26O6S2/c29-25-15-13-23(21-9-3-1-4-10-21)19-27(25)35(31,32)17-7-8-18-36(33,34)28-20-24(14-16-26(28)30)22-11-5-2-6-12-22/h1-6,9-16,19-20,29-30H,7-8,17-18H2. The molecule has 8 heteroatoms. The summed E-state index contributed by atoms with van der Waals surface area (Å²) in [6.07, 6.45) is 0.158. The van der Waals surface area contributed by atoms with Gasteiger partial charge >= 0.3 is 0 Å². The summed E-state index contributed by atoms with van der Waals surface area (Å²) in [5, 5.41) is 20.4. The van der Waals surface area contributed by atoms with Gasteiger partial charge in [-0.15, -0.1) is 0 Å². The van der Waals surface area contributed by atoms with Crippen LogP contribution in [0.3, 0.4) is 0 Å². The molecule has 4 aromatic carbocycles. The lowest BCUT2D eigenvalue weighted by Crippen LogP contribution is -2.11. The molecule has 0 aliphatic carbocycles. The highest BCUT2D eigenvalue weighted by atomic mass is 32.2. The third-order valence-electron chi connectivity index (χ3n) is 5.88. The van der Waals surface area contributed by atoms with Crippen LogP contribution in [0.15, 0.2) is 107 Å². The van der Waals surface area contributed by atoms with Crippen molar-refractivity contribution in [1.82, 2.24) is 0 Å². The van der Waals surface area contributed by atoms with Gasteiger partial charge in [0.1, 0.15) is 21.3 Å². The van der Waals surface area contributed by atoms with Gasteiger partial charge < -0.3 is 10.2 Å². The summed E-state index contributed by atoms with van der Waals surface area (Å²) in [7, 11) is -7.70. The maximum Gasteiger partial charge on any atom is 0.182 e. The van der Waals surface area contributed by atoms with E-state index < -0.39 is 19.7 Å². The molecule has 0 aliphatic heterocycles. The van der Waals surface area contributed by atoms with E-state index in [0.29, 0.717) is 11.1 Å². The van der Waals surface area contributed by atoms with Gasteiger partial charge in [-0.25, -0.2) is 16.8 Å². The Morgan fingerprint density at radius 1 is 0.472 bits per heavy atom. The summed E-state index contributed by atoms with van der Waals surface area (Å²) >= 11 is 0. The number of aromatic hydroxyl groups is 2. The molecule has 0 fully saturated rings. The van der Waals surface area contributed by atoms with Gasteiger partial charge in [0.2, 0.25) is 0 Å². The summed E-state index contributed by atoms with van der Waals surface area (Å²) in [4.78, 5) is -0.361. The number of benzene rings is 4. The number of phenols is 2. The molecule has 6 nitrogen and oxygen atoms in total. The Morgan fingerprint density at radius 2 is 0.833 bits per heavy atom. The van der Waals surface area contributed by atoms with E-state index >= 15 is 0 Å². The molecule has 4 aromatic rings. The van der Waals surface area contributed by atoms with Crippen LogP contribution in [-0.2, 0) is 19.7 Å². The zero-order chi connectivity index (χ0) is 25.8. The van der Waals surface area contributed by atoms with Gasteiger partial charge in [-0.2, -0.15) is 0 Å². The average molecular weight is 523 g/mol. The third kappa shape index (κ3) is 5.78. The van der Waals surface area contributed by atoms with E-state index in [1.165, 1.54) is 24.3 Å². The van der Waals surface area contributed by atoms with E-state index in [0.717, 1.165) is 11.1 Å². The highest BCUT2D eigenvalue weighted by Crippen LogP contribution is 2.32. The van der Waals surface area contributed by atoms with E-state index in [2.05, 4.69) is 0 Å². The summed E-state index contributed by atoms with van der Waals surface area (Å²) in [6.45, 7) is 0. The van der Waals surface area contributed by atoms with Gasteiger partial charge in [0, 0.05) is 0 Å². The molecule has 4 rings (SSSR count). The number of unbranched alkanes of at least 4 members (excludes halogenated alkanes) is 1. The summed E-state index contributed by atoms with van der Waals surface area (Å²) in [5.41, 5.74) is 2.95. The number of phenolic OH excluding ortho intramolecular Hbond substituents is 2. The van der Waals surface area contributed by atoms with Crippen molar-refractivity contribution in [3.8, 4) is 33.8 Å². The Balaban J connectivity index is 1.45. The van der Waals surface area contributed by atoms with Crippen molar-refractivity contribution >= 4 is 19.7 Å². The largest absolute Gasteiger partial charge is 0.507 e. The highest BCUT2D eigenvalue weighted by molar-refractivity contribution is 7.92. The van der Waals surface area contributed by atoms with E-state index in [9.17, 15) is 27.0 Å². The summed E-state index contributed by atoms with van der Waals surface area (Å²) < 4.78 is 51.7. The van der Waals surface area contributed by atoms with E-state index in [-0.39, 0.29) is 45.6 Å². The molecule has 0 radical (unpaired) electrons. The molecule has 0 saturated heterocycles. The maximum absolute atomic E-state index is 12.9. The first-order valence-corrected chi connectivity index (χ1v) is 14.7. The Morgan fingerprint density at radius 3 is 1.19 bits per heavy atom. The maximum atomic E-state index is 12.9. The second-order valence-corrected chi connectivity index (χ2v) is 12.6. The van der Waals surface area contributed by atoms with Crippen LogP contribution in [0.4, 0.5) is 0 Å². The predicted octanol–water partition coefficient (Wildman–Crippen LogP) is 5.46. The second kappa shape index (κ2) is 10.6. The van der Waals surface area contributed by atoms with E-state index in [1.54, 1.807) is 12.1 Å². The first kappa shape index (κ1) is 25.5. The van der Waals surface area contributed by atoms with Crippen molar-refractivity contribution in [3.63, 3.8) is 0 Å². The Kier molecular flexibility index (Phi) is 7.47. The second-order valence-electron chi connectivity index (χ2n) is 8.44. The Labute approximate surface area is 211 Å². The molecule has 0 bridgehead atoms. The fourth-order valence-corrected chi connectivity index (χ4v) is 6.95. The third-order valence-corrected chi connectivity index (χ3v) is 9.53. The predicted molar refractivity (Wildman–Crippen MR) is 140 cm³/mol. The molecule has 2 N–H and O–H groups in total. The van der Waals surface area contributed by atoms with E-state index in [1.807, 2.05) is 60.7 Å². The molecular weight excluding hydrogens is 496 g/mol. The summed E-state index contributed by atoms with van der Waals surface area (Å²) in [5.74, 6) is -1.32. The Bertz CT molecular complexity index is 1440. The zero-order valence-corrected chi connectivity index (χ0v) is 21.0. The normalized spacial score (nSPS) is 11.9. The molecule has 0 saturated carbocycles. The zero-order valence-electron chi connectivity index (χ0n) is 19.4. The first-order chi connectivity index (χ1) is 17.2. The van der Waals surface area contributed by atoms with Gasteiger partial charge in [-0.3, -0.25) is 0 Å². The molecule has 0 heterocycles. The van der Waals surface area contributed by atoms with Crippen LogP contribution in [-0.4, -0.2) is 38.6 Å². The van der Waals surface area contributed by atoms with Gasteiger partial charge in [0.15, 0.2) is 19.7 Å². The molecule has 0 aliphatic rings. The van der Waals surface area contributed by atoms with Crippen molar-refractivity contribution in [1.29, 1.82) is 0 Å². The van der Waals surface area contributed by atoms with Gasteiger partial charge in [-0.1, -0.05) is 72.8 Å². The lowest BCUT2D eigenvalue weighted by Gasteiger charge is -2.11. The van der Waals surface area contributed by atoms with Crippen molar-refractivity contribution < 1.29 is 27.0 Å². The molecule has 0 aromatic heterocycles. The van der Waals surface area contributed by atoms with Crippen LogP contribution >= 0.6 is 0 Å². The minimum atomic E-state index is -3.85. The fraction of sp³-hybridized carbons (Fsp3) is 0.143. The topological polar surface area (TPSA) is 109 Å². The van der Waals surface area contributed by atoms with Crippen LogP contribution in [0.2, 0.25) is 0 Å². The minimum Gasteiger partial charge on any atom is -0.507 e. The van der Waals surface area contributed by atoms with Gasteiger partial charge in [0.05, 0.1) is 11.5 Å². The molecule has 186 valence electrons. The lowest BCUT2D eigenvalue weighted by molar-refractivity contribution is 0.457. The minimum absolute atomic E-state index is 0.0791. The molecule has 0 amide bonds. The number of rotatable bonds is 9. The van der Waals surface area contributed by atoms with Crippen molar-refractivity contribution in [2.45, 2.75) is 22.6 Å². The van der Waals surface area contributed by atoms with E-state index in [4.69, 9.17) is 0 Å². The smallest absolute Gasteiger partial charge is 0.182 e. The monoisotopic (exact) mass is 522 g/mol. The van der Waals surface area contributed by atoms with Crippen LogP contribution < -0.4 is 0 Å².